The molecule has 0 aliphatic rings. The Morgan fingerprint density at radius 2 is 1.95 bits per heavy atom. The first-order chi connectivity index (χ1) is 8.81. The number of halogens is 1. The van der Waals surface area contributed by atoms with Crippen molar-refractivity contribution in [2.45, 2.75) is 67.0 Å². The van der Waals surface area contributed by atoms with E-state index in [0.717, 1.165) is 36.6 Å². The molecule has 0 aromatic carbocycles. The molecule has 1 aromatic rings. The van der Waals surface area contributed by atoms with E-state index < -0.39 is 0 Å². The molecule has 1 aromatic heterocycles. The highest BCUT2D eigenvalue weighted by Crippen LogP contribution is 2.26. The molecule has 110 valence electrons. The molecule has 0 saturated carbocycles. The zero-order chi connectivity index (χ0) is 14.6. The predicted octanol–water partition coefficient (Wildman–Crippen LogP) is 3.82. The topological polar surface area (TPSA) is 29.9 Å². The first-order valence-corrected chi connectivity index (χ1v) is 7.64. The van der Waals surface area contributed by atoms with Gasteiger partial charge in [-0.3, -0.25) is 4.68 Å². The Morgan fingerprint density at radius 1 is 1.32 bits per heavy atom. The molecule has 1 rings (SSSR count). The van der Waals surface area contributed by atoms with Crippen molar-refractivity contribution in [2.24, 2.45) is 5.41 Å². The van der Waals surface area contributed by atoms with E-state index in [0.29, 0.717) is 6.04 Å². The summed E-state index contributed by atoms with van der Waals surface area (Å²) in [6.45, 7) is 15.0. The van der Waals surface area contributed by atoms with Crippen LogP contribution in [0.2, 0.25) is 5.02 Å². The summed E-state index contributed by atoms with van der Waals surface area (Å²) < 4.78 is 2.03. The van der Waals surface area contributed by atoms with Crippen LogP contribution in [-0.2, 0) is 13.0 Å². The van der Waals surface area contributed by atoms with Crippen molar-refractivity contribution in [3.8, 4) is 0 Å². The lowest BCUT2D eigenvalue weighted by Gasteiger charge is -2.31. The highest BCUT2D eigenvalue weighted by molar-refractivity contribution is 6.31. The number of aryl methyl sites for hydroxylation is 2. The minimum absolute atomic E-state index is 0.259. The van der Waals surface area contributed by atoms with Gasteiger partial charge in [0.25, 0.3) is 0 Å². The molecule has 19 heavy (non-hydrogen) atoms. The molecule has 3 nitrogen and oxygen atoms in total. The van der Waals surface area contributed by atoms with Gasteiger partial charge in [-0.05, 0) is 38.6 Å². The Morgan fingerprint density at radius 3 is 2.42 bits per heavy atom. The summed E-state index contributed by atoms with van der Waals surface area (Å²) in [5.74, 6) is 0. The zero-order valence-corrected chi connectivity index (χ0v) is 13.9. The van der Waals surface area contributed by atoms with Crippen molar-refractivity contribution in [1.82, 2.24) is 15.1 Å². The molecule has 0 aliphatic carbocycles. The van der Waals surface area contributed by atoms with Crippen LogP contribution in [-0.4, -0.2) is 22.4 Å². The van der Waals surface area contributed by atoms with Crippen molar-refractivity contribution < 1.29 is 0 Å². The monoisotopic (exact) mass is 285 g/mol. The van der Waals surface area contributed by atoms with Gasteiger partial charge in [0.15, 0.2) is 0 Å². The maximum absolute atomic E-state index is 6.36. The smallest absolute Gasteiger partial charge is 0.0847 e. The lowest BCUT2D eigenvalue weighted by Crippen LogP contribution is -2.40. The molecule has 1 atom stereocenters. The molecular formula is C15H28ClN3. The summed E-state index contributed by atoms with van der Waals surface area (Å²) in [7, 11) is 0. The molecule has 1 heterocycles. The molecule has 1 N–H and O–H groups in total. The van der Waals surface area contributed by atoms with Crippen molar-refractivity contribution >= 4 is 11.6 Å². The van der Waals surface area contributed by atoms with E-state index in [1.54, 1.807) is 0 Å². The van der Waals surface area contributed by atoms with Gasteiger partial charge in [-0.1, -0.05) is 39.3 Å². The lowest BCUT2D eigenvalue weighted by atomic mass is 9.83. The van der Waals surface area contributed by atoms with E-state index in [4.69, 9.17) is 11.6 Å². The van der Waals surface area contributed by atoms with Gasteiger partial charge in [0, 0.05) is 12.6 Å². The summed E-state index contributed by atoms with van der Waals surface area (Å²) in [6.07, 6.45) is 2.06. The summed E-state index contributed by atoms with van der Waals surface area (Å²) in [5, 5.41) is 8.90. The Labute approximate surface area is 122 Å². The summed E-state index contributed by atoms with van der Waals surface area (Å²) in [4.78, 5) is 0. The molecule has 1 unspecified atom stereocenters. The van der Waals surface area contributed by atoms with Gasteiger partial charge in [0.05, 0.1) is 16.4 Å². The standard InChI is InChI=1S/C15H28ClN3/c1-7-17-13(15(4,5)6)10-9-12-14(16)11(3)18-19(12)8-2/h13,17H,7-10H2,1-6H3. The third-order valence-electron chi connectivity index (χ3n) is 3.62. The highest BCUT2D eigenvalue weighted by Gasteiger charge is 2.24. The molecule has 0 radical (unpaired) electrons. The van der Waals surface area contributed by atoms with Crippen LogP contribution in [0.25, 0.3) is 0 Å². The van der Waals surface area contributed by atoms with Crippen molar-refractivity contribution in [2.75, 3.05) is 6.54 Å². The lowest BCUT2D eigenvalue weighted by molar-refractivity contribution is 0.257. The Kier molecular flexibility index (Phi) is 5.87. The zero-order valence-electron chi connectivity index (χ0n) is 13.2. The van der Waals surface area contributed by atoms with Crippen LogP contribution in [0.5, 0.6) is 0 Å². The van der Waals surface area contributed by atoms with Crippen molar-refractivity contribution in [1.29, 1.82) is 0 Å². The van der Waals surface area contributed by atoms with E-state index in [2.05, 4.69) is 45.0 Å². The fraction of sp³-hybridized carbons (Fsp3) is 0.800. The first kappa shape index (κ1) is 16.5. The molecule has 0 spiro atoms. The molecule has 4 heteroatoms. The van der Waals surface area contributed by atoms with E-state index in [1.165, 1.54) is 5.69 Å². The third kappa shape index (κ3) is 4.22. The number of hydrogen-bond acceptors (Lipinski definition) is 2. The summed E-state index contributed by atoms with van der Waals surface area (Å²) in [5.41, 5.74) is 2.37. The molecular weight excluding hydrogens is 258 g/mol. The fourth-order valence-electron chi connectivity index (χ4n) is 2.48. The van der Waals surface area contributed by atoms with Crippen molar-refractivity contribution in [3.05, 3.63) is 16.4 Å². The van der Waals surface area contributed by atoms with Crippen LogP contribution in [0.1, 0.15) is 52.4 Å². The maximum atomic E-state index is 6.36. The number of nitrogens with one attached hydrogen (secondary N) is 1. The van der Waals surface area contributed by atoms with Gasteiger partial charge in [-0.25, -0.2) is 0 Å². The van der Waals surface area contributed by atoms with Gasteiger partial charge in [0.2, 0.25) is 0 Å². The van der Waals surface area contributed by atoms with E-state index in [9.17, 15) is 0 Å². The first-order valence-electron chi connectivity index (χ1n) is 7.26. The summed E-state index contributed by atoms with van der Waals surface area (Å²) >= 11 is 6.36. The number of aromatic nitrogens is 2. The second kappa shape index (κ2) is 6.76. The van der Waals surface area contributed by atoms with Crippen LogP contribution < -0.4 is 5.32 Å². The molecule has 0 amide bonds. The van der Waals surface area contributed by atoms with Gasteiger partial charge in [-0.2, -0.15) is 5.10 Å². The van der Waals surface area contributed by atoms with Crippen molar-refractivity contribution in [3.63, 3.8) is 0 Å². The van der Waals surface area contributed by atoms with Gasteiger partial charge in [0.1, 0.15) is 0 Å². The van der Waals surface area contributed by atoms with Crippen LogP contribution in [0.4, 0.5) is 0 Å². The average molecular weight is 286 g/mol. The molecule has 0 bridgehead atoms. The van der Waals surface area contributed by atoms with Crippen LogP contribution in [0.3, 0.4) is 0 Å². The summed E-state index contributed by atoms with van der Waals surface area (Å²) in [6, 6.07) is 0.495. The number of nitrogens with zero attached hydrogens (tertiary/aromatic N) is 2. The molecule has 0 saturated heterocycles. The van der Waals surface area contributed by atoms with E-state index in [1.807, 2.05) is 11.6 Å². The second-order valence-corrected chi connectivity index (χ2v) is 6.55. The second-order valence-electron chi connectivity index (χ2n) is 6.18. The Bertz CT molecular complexity index is 404. The fourth-order valence-corrected chi connectivity index (χ4v) is 2.71. The normalized spacial score (nSPS) is 13.8. The number of rotatable bonds is 6. The van der Waals surface area contributed by atoms with Gasteiger partial charge < -0.3 is 5.32 Å². The molecule has 0 aliphatic heterocycles. The minimum atomic E-state index is 0.259. The predicted molar refractivity (Wildman–Crippen MR) is 82.9 cm³/mol. The largest absolute Gasteiger partial charge is 0.314 e. The van der Waals surface area contributed by atoms with Crippen LogP contribution >= 0.6 is 11.6 Å². The maximum Gasteiger partial charge on any atom is 0.0847 e. The van der Waals surface area contributed by atoms with Gasteiger partial charge in [-0.15, -0.1) is 0 Å². The average Bonchev–Trinajstić information content (AvgIpc) is 2.59. The van der Waals surface area contributed by atoms with Crippen LogP contribution in [0.15, 0.2) is 0 Å². The third-order valence-corrected chi connectivity index (χ3v) is 4.11. The van der Waals surface area contributed by atoms with E-state index in [-0.39, 0.29) is 5.41 Å². The minimum Gasteiger partial charge on any atom is -0.314 e. The SMILES string of the molecule is CCNC(CCc1c(Cl)c(C)nn1CC)C(C)(C)C. The number of hydrogen-bond donors (Lipinski definition) is 1. The highest BCUT2D eigenvalue weighted by atomic mass is 35.5. The Balaban J connectivity index is 2.79. The van der Waals surface area contributed by atoms with Gasteiger partial charge >= 0.3 is 0 Å². The Hall–Kier alpha value is -0.540. The molecule has 0 fully saturated rings. The van der Waals surface area contributed by atoms with Crippen LogP contribution in [0, 0.1) is 12.3 Å². The van der Waals surface area contributed by atoms with E-state index >= 15 is 0 Å². The quantitative estimate of drug-likeness (QED) is 0.861.